The molecule has 0 bridgehead atoms. The van der Waals surface area contributed by atoms with Crippen molar-refractivity contribution in [2.45, 2.75) is 25.8 Å². The van der Waals surface area contributed by atoms with Gasteiger partial charge in [-0.05, 0) is 56.0 Å². The molecule has 0 aliphatic rings. The lowest BCUT2D eigenvalue weighted by atomic mass is 10.1. The van der Waals surface area contributed by atoms with Gasteiger partial charge in [0.2, 0.25) is 0 Å². The zero-order valence-electron chi connectivity index (χ0n) is 12.4. The third kappa shape index (κ3) is 6.01. The van der Waals surface area contributed by atoms with Gasteiger partial charge in [-0.15, -0.1) is 0 Å². The molecular formula is C19H23NO. The molecule has 0 aromatic heterocycles. The molecule has 2 heteroatoms. The monoisotopic (exact) mass is 281 g/mol. The predicted molar refractivity (Wildman–Crippen MR) is 87.3 cm³/mol. The molecule has 0 aliphatic carbocycles. The molecule has 1 N–H and O–H groups in total. The van der Waals surface area contributed by atoms with Crippen molar-refractivity contribution in [2.75, 3.05) is 13.2 Å². The van der Waals surface area contributed by atoms with Crippen molar-refractivity contribution < 1.29 is 4.74 Å². The fourth-order valence-corrected chi connectivity index (χ4v) is 2.19. The summed E-state index contributed by atoms with van der Waals surface area (Å²) in [6.07, 6.45) is 2.74. The Hall–Kier alpha value is -1.80. The minimum Gasteiger partial charge on any atom is -0.494 e. The van der Waals surface area contributed by atoms with E-state index in [0.717, 1.165) is 38.3 Å². The number of ether oxygens (including phenoxy) is 1. The maximum absolute atomic E-state index is 5.82. The van der Waals surface area contributed by atoms with E-state index in [1.54, 1.807) is 0 Å². The van der Waals surface area contributed by atoms with Gasteiger partial charge >= 0.3 is 0 Å². The first-order valence-corrected chi connectivity index (χ1v) is 7.55. The molecule has 0 heterocycles. The molecule has 0 amide bonds. The van der Waals surface area contributed by atoms with Crippen LogP contribution in [0.25, 0.3) is 0 Å². The van der Waals surface area contributed by atoms with Gasteiger partial charge in [0.1, 0.15) is 5.75 Å². The first-order chi connectivity index (χ1) is 10.4. The lowest BCUT2D eigenvalue weighted by molar-refractivity contribution is 0.310. The van der Waals surface area contributed by atoms with Crippen molar-refractivity contribution in [3.8, 4) is 5.75 Å². The van der Waals surface area contributed by atoms with E-state index in [2.05, 4.69) is 41.7 Å². The summed E-state index contributed by atoms with van der Waals surface area (Å²) in [5, 5.41) is 3.29. The summed E-state index contributed by atoms with van der Waals surface area (Å²) in [7, 11) is 0. The summed E-state index contributed by atoms with van der Waals surface area (Å²) in [5.74, 6) is 0.940. The van der Waals surface area contributed by atoms with Crippen molar-refractivity contribution in [1.29, 1.82) is 0 Å². The number of aryl methyl sites for hydroxylation is 1. The van der Waals surface area contributed by atoms with E-state index >= 15 is 0 Å². The standard InChI is InChI=1S/C19H23NO/c1-2-13-20-16-18-10-6-12-19(15-18)21-14-7-11-17-8-4-3-5-9-17/h1,3-6,8-10,12,15,20H,2,7,11,13-14,16H2. The maximum Gasteiger partial charge on any atom is 0.119 e. The van der Waals surface area contributed by atoms with Crippen LogP contribution in [0.5, 0.6) is 5.75 Å². The van der Waals surface area contributed by atoms with Crippen LogP contribution in [0.3, 0.4) is 0 Å². The van der Waals surface area contributed by atoms with E-state index in [9.17, 15) is 0 Å². The van der Waals surface area contributed by atoms with Crippen molar-refractivity contribution in [1.82, 2.24) is 5.32 Å². The smallest absolute Gasteiger partial charge is 0.119 e. The quantitative estimate of drug-likeness (QED) is 0.704. The Morgan fingerprint density at radius 1 is 0.952 bits per heavy atom. The minimum absolute atomic E-state index is 0.662. The number of rotatable bonds is 9. The first-order valence-electron chi connectivity index (χ1n) is 7.55. The van der Waals surface area contributed by atoms with Gasteiger partial charge in [-0.1, -0.05) is 42.5 Å². The van der Waals surface area contributed by atoms with Gasteiger partial charge in [-0.2, -0.15) is 0 Å². The lowest BCUT2D eigenvalue weighted by Gasteiger charge is -2.09. The van der Waals surface area contributed by atoms with Crippen LogP contribution in [0.2, 0.25) is 0 Å². The zero-order valence-corrected chi connectivity index (χ0v) is 12.4. The first kappa shape index (κ1) is 15.6. The minimum atomic E-state index is 0.662. The van der Waals surface area contributed by atoms with Crippen LogP contribution in [0.4, 0.5) is 0 Å². The van der Waals surface area contributed by atoms with Crippen LogP contribution in [0.1, 0.15) is 24.0 Å². The van der Waals surface area contributed by atoms with E-state index in [-0.39, 0.29) is 0 Å². The van der Waals surface area contributed by atoms with Gasteiger partial charge in [0.25, 0.3) is 0 Å². The SMILES string of the molecule is [CH]CCNCc1cccc(OCCCc2ccccc2)c1. The van der Waals surface area contributed by atoms with Gasteiger partial charge in [0.15, 0.2) is 0 Å². The normalized spacial score (nSPS) is 10.5. The topological polar surface area (TPSA) is 21.3 Å². The molecule has 2 nitrogen and oxygen atoms in total. The molecular weight excluding hydrogens is 258 g/mol. The second-order valence-electron chi connectivity index (χ2n) is 5.05. The number of hydrogen-bond acceptors (Lipinski definition) is 2. The Bertz CT molecular complexity index is 510. The van der Waals surface area contributed by atoms with Crippen molar-refractivity contribution in [3.05, 3.63) is 72.6 Å². The van der Waals surface area contributed by atoms with E-state index in [4.69, 9.17) is 11.7 Å². The molecule has 2 aromatic rings. The van der Waals surface area contributed by atoms with Crippen LogP contribution >= 0.6 is 0 Å². The Labute approximate surface area is 128 Å². The van der Waals surface area contributed by atoms with Gasteiger partial charge in [0, 0.05) is 6.54 Å². The predicted octanol–water partition coefficient (Wildman–Crippen LogP) is 3.89. The summed E-state index contributed by atoms with van der Waals surface area (Å²) in [6.45, 7) is 7.88. The molecule has 0 atom stereocenters. The average molecular weight is 281 g/mol. The molecule has 2 radical (unpaired) electrons. The van der Waals surface area contributed by atoms with Crippen LogP contribution < -0.4 is 10.1 Å². The molecule has 0 spiro atoms. The van der Waals surface area contributed by atoms with Crippen molar-refractivity contribution in [3.63, 3.8) is 0 Å². The van der Waals surface area contributed by atoms with Gasteiger partial charge < -0.3 is 10.1 Å². The largest absolute Gasteiger partial charge is 0.494 e. The Morgan fingerprint density at radius 2 is 1.76 bits per heavy atom. The molecule has 0 fully saturated rings. The van der Waals surface area contributed by atoms with Gasteiger partial charge in [-0.3, -0.25) is 0 Å². The summed E-state index contributed by atoms with van der Waals surface area (Å²) in [6, 6.07) is 18.7. The molecule has 0 saturated carbocycles. The zero-order chi connectivity index (χ0) is 14.8. The summed E-state index contributed by atoms with van der Waals surface area (Å²) >= 11 is 0. The molecule has 2 aromatic carbocycles. The fourth-order valence-electron chi connectivity index (χ4n) is 2.19. The molecule has 0 saturated heterocycles. The third-order valence-electron chi connectivity index (χ3n) is 3.27. The maximum atomic E-state index is 5.82. The van der Waals surface area contributed by atoms with Crippen molar-refractivity contribution in [2.24, 2.45) is 0 Å². The highest BCUT2D eigenvalue weighted by Crippen LogP contribution is 2.14. The van der Waals surface area contributed by atoms with E-state index < -0.39 is 0 Å². The Balaban J connectivity index is 1.71. The highest BCUT2D eigenvalue weighted by molar-refractivity contribution is 5.28. The average Bonchev–Trinajstić information content (AvgIpc) is 2.53. The second-order valence-corrected chi connectivity index (χ2v) is 5.05. The van der Waals surface area contributed by atoms with Crippen molar-refractivity contribution >= 4 is 0 Å². The molecule has 110 valence electrons. The van der Waals surface area contributed by atoms with E-state index in [0.29, 0.717) is 6.42 Å². The fraction of sp³-hybridized carbons (Fsp3) is 0.316. The Morgan fingerprint density at radius 3 is 2.57 bits per heavy atom. The molecule has 0 aliphatic heterocycles. The van der Waals surface area contributed by atoms with Gasteiger partial charge in [0.05, 0.1) is 6.61 Å². The molecule has 21 heavy (non-hydrogen) atoms. The lowest BCUT2D eigenvalue weighted by Crippen LogP contribution is -2.13. The van der Waals surface area contributed by atoms with Crippen LogP contribution in [0.15, 0.2) is 54.6 Å². The Kier molecular flexibility index (Phi) is 6.82. The highest BCUT2D eigenvalue weighted by atomic mass is 16.5. The van der Waals surface area contributed by atoms with E-state index in [1.165, 1.54) is 11.1 Å². The number of nitrogens with one attached hydrogen (secondary N) is 1. The summed E-state index contributed by atoms with van der Waals surface area (Å²) in [5.41, 5.74) is 2.59. The molecule has 0 unspecified atom stereocenters. The van der Waals surface area contributed by atoms with Crippen LogP contribution in [-0.2, 0) is 13.0 Å². The number of benzene rings is 2. The summed E-state index contributed by atoms with van der Waals surface area (Å²) < 4.78 is 5.82. The second kappa shape index (κ2) is 9.19. The highest BCUT2D eigenvalue weighted by Gasteiger charge is 1.98. The van der Waals surface area contributed by atoms with Crippen LogP contribution in [0, 0.1) is 6.92 Å². The summed E-state index contributed by atoms with van der Waals surface area (Å²) in [4.78, 5) is 0. The third-order valence-corrected chi connectivity index (χ3v) is 3.27. The van der Waals surface area contributed by atoms with E-state index in [1.807, 2.05) is 18.2 Å². The molecule has 2 rings (SSSR count). The van der Waals surface area contributed by atoms with Gasteiger partial charge in [-0.25, -0.2) is 0 Å². The van der Waals surface area contributed by atoms with Crippen LogP contribution in [-0.4, -0.2) is 13.2 Å². The number of hydrogen-bond donors (Lipinski definition) is 1.